The molecule has 6 heteroatoms. The minimum absolute atomic E-state index is 0. The second kappa shape index (κ2) is 21.1. The van der Waals surface area contributed by atoms with Crippen LogP contribution in [0.3, 0.4) is 0 Å². The minimum atomic E-state index is -4.14. The van der Waals surface area contributed by atoms with E-state index in [1.165, 1.54) is 77.6 Å². The van der Waals surface area contributed by atoms with Gasteiger partial charge in [0, 0.05) is 5.25 Å². The summed E-state index contributed by atoms with van der Waals surface area (Å²) in [4.78, 5) is 0. The van der Waals surface area contributed by atoms with Crippen LogP contribution in [-0.4, -0.2) is 29.4 Å². The van der Waals surface area contributed by atoms with Crippen LogP contribution in [0.2, 0.25) is 0 Å². The predicted molar refractivity (Wildman–Crippen MR) is 114 cm³/mol. The second-order valence-corrected chi connectivity index (χ2v) is 10.1. The number of unbranched alkanes of at least 4 members (excludes halogenated alkanes) is 13. The number of rotatable bonds is 20. The molecule has 0 saturated heterocycles. The Kier molecular flexibility index (Phi) is 23.4. The summed E-state index contributed by atoms with van der Waals surface area (Å²) < 4.78 is 32.4. The molecule has 1 N–H and O–H groups in total. The van der Waals surface area contributed by atoms with Crippen molar-refractivity contribution >= 4 is 10.1 Å². The molecule has 0 fully saturated rings. The monoisotopic (exact) mass is 428 g/mol. The smallest absolute Gasteiger partial charge is 0.748 e. The van der Waals surface area contributed by atoms with Crippen molar-refractivity contribution in [1.82, 2.24) is 0 Å². The van der Waals surface area contributed by atoms with Crippen molar-refractivity contribution < 1.29 is 47.6 Å². The average molecular weight is 429 g/mol. The fourth-order valence-corrected chi connectivity index (χ4v) is 3.95. The van der Waals surface area contributed by atoms with Gasteiger partial charge in [-0.05, 0) is 26.2 Å². The molecule has 0 spiro atoms. The zero-order chi connectivity index (χ0) is 20.4. The molecule has 0 aliphatic heterocycles. The molecule has 0 aliphatic rings. The third-order valence-corrected chi connectivity index (χ3v) is 6.75. The Morgan fingerprint density at radius 2 is 1.00 bits per heavy atom. The van der Waals surface area contributed by atoms with Gasteiger partial charge in [0.25, 0.3) is 0 Å². The van der Waals surface area contributed by atoms with Crippen molar-refractivity contribution in [1.29, 1.82) is 0 Å². The normalized spacial score (nSPS) is 13.9. The fourth-order valence-electron chi connectivity index (χ4n) is 3.50. The van der Waals surface area contributed by atoms with E-state index in [1.54, 1.807) is 0 Å². The molecule has 0 bridgehead atoms. The number of hydrogen-bond donors (Lipinski definition) is 1. The molecule has 0 amide bonds. The molecule has 28 heavy (non-hydrogen) atoms. The molecule has 164 valence electrons. The third kappa shape index (κ3) is 21.6. The summed E-state index contributed by atoms with van der Waals surface area (Å²) in [5, 5.41) is 9.21. The summed E-state index contributed by atoms with van der Waals surface area (Å²) in [5.74, 6) is 0. The minimum Gasteiger partial charge on any atom is -0.748 e. The van der Waals surface area contributed by atoms with E-state index in [4.69, 9.17) is 0 Å². The zero-order valence-electron chi connectivity index (χ0n) is 19.0. The molecule has 0 heterocycles. The first-order chi connectivity index (χ1) is 12.9. The molecule has 2 unspecified atom stereocenters. The van der Waals surface area contributed by atoms with Crippen LogP contribution in [0.4, 0.5) is 0 Å². The molecule has 0 rings (SSSR count). The van der Waals surface area contributed by atoms with Gasteiger partial charge in [0.05, 0.1) is 16.2 Å². The van der Waals surface area contributed by atoms with Gasteiger partial charge in [-0.25, -0.2) is 8.42 Å². The molecular formula is C22H45NaO4S. The molecule has 0 aromatic heterocycles. The van der Waals surface area contributed by atoms with Gasteiger partial charge >= 0.3 is 29.6 Å². The van der Waals surface area contributed by atoms with Crippen LogP contribution in [0.5, 0.6) is 0 Å². The van der Waals surface area contributed by atoms with E-state index >= 15 is 0 Å². The SMILES string of the molecule is CCCCCCCCCCCCCCC(O)CCCCCC(C)S(=O)(=O)[O-].[Na+]. The van der Waals surface area contributed by atoms with Crippen molar-refractivity contribution in [2.24, 2.45) is 0 Å². The average Bonchev–Trinajstić information content (AvgIpc) is 2.61. The van der Waals surface area contributed by atoms with E-state index in [-0.39, 0.29) is 35.7 Å². The molecular weight excluding hydrogens is 383 g/mol. The Labute approximate surface area is 197 Å². The standard InChI is InChI=1S/C22H46O4S.Na/c1-3-4-5-6-7-8-9-10-11-12-13-16-19-22(23)20-17-14-15-18-21(2)27(24,25)26;/h21-23H,3-20H2,1-2H3,(H,24,25,26);/q;+1/p-1. The van der Waals surface area contributed by atoms with Crippen LogP contribution in [0.1, 0.15) is 129 Å². The van der Waals surface area contributed by atoms with Gasteiger partial charge in [-0.3, -0.25) is 0 Å². The molecule has 0 radical (unpaired) electrons. The summed E-state index contributed by atoms with van der Waals surface area (Å²) in [5.41, 5.74) is 0. The summed E-state index contributed by atoms with van der Waals surface area (Å²) in [7, 11) is -4.14. The zero-order valence-corrected chi connectivity index (χ0v) is 21.8. The number of hydrogen-bond acceptors (Lipinski definition) is 4. The molecule has 0 aliphatic carbocycles. The van der Waals surface area contributed by atoms with Crippen molar-refractivity contribution in [2.45, 2.75) is 141 Å². The molecule has 0 saturated carbocycles. The molecule has 0 aromatic carbocycles. The quantitative estimate of drug-likeness (QED) is 0.183. The molecule has 4 nitrogen and oxygen atoms in total. The van der Waals surface area contributed by atoms with Crippen LogP contribution >= 0.6 is 0 Å². The van der Waals surface area contributed by atoms with E-state index in [2.05, 4.69) is 6.92 Å². The van der Waals surface area contributed by atoms with Crippen molar-refractivity contribution in [3.05, 3.63) is 0 Å². The number of aliphatic hydroxyl groups is 1. The summed E-state index contributed by atoms with van der Waals surface area (Å²) in [6.07, 6.45) is 20.4. The maximum atomic E-state index is 10.8. The Hall–Kier alpha value is 0.870. The van der Waals surface area contributed by atoms with E-state index in [0.717, 1.165) is 38.5 Å². The molecule has 0 aromatic rings. The summed E-state index contributed by atoms with van der Waals surface area (Å²) >= 11 is 0. The first-order valence-electron chi connectivity index (χ1n) is 11.5. The van der Waals surface area contributed by atoms with E-state index < -0.39 is 15.4 Å². The van der Waals surface area contributed by atoms with Crippen LogP contribution in [-0.2, 0) is 10.1 Å². The van der Waals surface area contributed by atoms with Gasteiger partial charge in [0.2, 0.25) is 0 Å². The Balaban J connectivity index is 0. The summed E-state index contributed by atoms with van der Waals surface area (Å²) in [6.45, 7) is 3.74. The van der Waals surface area contributed by atoms with Crippen LogP contribution in [0.25, 0.3) is 0 Å². The van der Waals surface area contributed by atoms with Crippen LogP contribution in [0.15, 0.2) is 0 Å². The van der Waals surface area contributed by atoms with E-state index in [0.29, 0.717) is 6.42 Å². The van der Waals surface area contributed by atoms with Gasteiger partial charge in [-0.2, -0.15) is 0 Å². The van der Waals surface area contributed by atoms with Crippen LogP contribution < -0.4 is 29.6 Å². The van der Waals surface area contributed by atoms with Crippen LogP contribution in [0, 0.1) is 0 Å². The third-order valence-electron chi connectivity index (χ3n) is 5.53. The van der Waals surface area contributed by atoms with Gasteiger partial charge in [-0.15, -0.1) is 0 Å². The predicted octanol–water partition coefficient (Wildman–Crippen LogP) is 3.33. The van der Waals surface area contributed by atoms with Crippen molar-refractivity contribution in [2.75, 3.05) is 0 Å². The largest absolute Gasteiger partial charge is 1.00 e. The topological polar surface area (TPSA) is 77.4 Å². The Morgan fingerprint density at radius 1 is 0.679 bits per heavy atom. The molecule has 2 atom stereocenters. The van der Waals surface area contributed by atoms with E-state index in [9.17, 15) is 18.1 Å². The van der Waals surface area contributed by atoms with Gasteiger partial charge in [0.15, 0.2) is 0 Å². The maximum absolute atomic E-state index is 10.8. The first-order valence-corrected chi connectivity index (χ1v) is 13.0. The van der Waals surface area contributed by atoms with Gasteiger partial charge in [0.1, 0.15) is 0 Å². The van der Waals surface area contributed by atoms with E-state index in [1.807, 2.05) is 0 Å². The first kappa shape index (κ1) is 31.1. The maximum Gasteiger partial charge on any atom is 1.00 e. The van der Waals surface area contributed by atoms with Crippen molar-refractivity contribution in [3.8, 4) is 0 Å². The Bertz CT molecular complexity index is 415. The summed E-state index contributed by atoms with van der Waals surface area (Å²) in [6, 6.07) is 0. The Morgan fingerprint density at radius 3 is 1.39 bits per heavy atom. The van der Waals surface area contributed by atoms with Crippen molar-refractivity contribution in [3.63, 3.8) is 0 Å². The fraction of sp³-hybridized carbons (Fsp3) is 1.00. The van der Waals surface area contributed by atoms with Gasteiger partial charge in [-0.1, -0.05) is 103 Å². The van der Waals surface area contributed by atoms with Gasteiger partial charge < -0.3 is 9.66 Å². The number of aliphatic hydroxyl groups excluding tert-OH is 1. The second-order valence-electron chi connectivity index (χ2n) is 8.27.